The molecule has 0 aromatic carbocycles. The van der Waals surface area contributed by atoms with Crippen LogP contribution in [0.1, 0.15) is 39.5 Å². The van der Waals surface area contributed by atoms with Gasteiger partial charge in [-0.1, -0.05) is 13.8 Å². The van der Waals surface area contributed by atoms with Crippen LogP contribution in [0.2, 0.25) is 0 Å². The molecule has 1 saturated carbocycles. The van der Waals surface area contributed by atoms with Crippen LogP contribution in [-0.2, 0) is 4.74 Å². The fraction of sp³-hybridized carbons (Fsp3) is 1.00. The molecular formula is C12H24N2O. The molecule has 15 heavy (non-hydrogen) atoms. The first-order chi connectivity index (χ1) is 7.10. The molecule has 3 heteroatoms. The van der Waals surface area contributed by atoms with Crippen LogP contribution in [-0.4, -0.2) is 31.3 Å². The van der Waals surface area contributed by atoms with Gasteiger partial charge >= 0.3 is 0 Å². The largest absolute Gasteiger partial charge is 0.379 e. The van der Waals surface area contributed by atoms with E-state index in [1.165, 1.54) is 25.7 Å². The summed E-state index contributed by atoms with van der Waals surface area (Å²) in [6.07, 6.45) is 5.27. The second-order valence-electron chi connectivity index (χ2n) is 5.62. The third-order valence-electron chi connectivity index (χ3n) is 4.48. The van der Waals surface area contributed by atoms with Gasteiger partial charge in [0.2, 0.25) is 0 Å². The van der Waals surface area contributed by atoms with Gasteiger partial charge in [0.15, 0.2) is 0 Å². The standard InChI is InChI=1S/C12H24N2O/c1-3-12(5-4-6-12)14-8-11(2)9-15-7-10(11)13/h10,14H,3-9,13H2,1-2H3. The molecule has 0 aromatic heterocycles. The molecule has 2 atom stereocenters. The maximum Gasteiger partial charge on any atom is 0.0624 e. The van der Waals surface area contributed by atoms with Crippen LogP contribution >= 0.6 is 0 Å². The molecule has 1 aliphatic carbocycles. The lowest BCUT2D eigenvalue weighted by Crippen LogP contribution is -2.56. The molecule has 0 amide bonds. The SMILES string of the molecule is CCC1(NCC2(C)COCC2N)CCC1. The highest BCUT2D eigenvalue weighted by molar-refractivity contribution is 4.99. The van der Waals surface area contributed by atoms with Crippen molar-refractivity contribution in [3.8, 4) is 0 Å². The summed E-state index contributed by atoms with van der Waals surface area (Å²) in [5, 5.41) is 3.74. The predicted octanol–water partition coefficient (Wildman–Crippen LogP) is 1.27. The fourth-order valence-corrected chi connectivity index (χ4v) is 2.56. The van der Waals surface area contributed by atoms with Gasteiger partial charge in [-0.2, -0.15) is 0 Å². The number of ether oxygens (including phenoxy) is 1. The molecule has 1 heterocycles. The van der Waals surface area contributed by atoms with Gasteiger partial charge in [-0.15, -0.1) is 0 Å². The lowest BCUT2D eigenvalue weighted by molar-refractivity contribution is 0.123. The first-order valence-electron chi connectivity index (χ1n) is 6.19. The van der Waals surface area contributed by atoms with E-state index in [1.807, 2.05) is 0 Å². The molecule has 0 spiro atoms. The van der Waals surface area contributed by atoms with E-state index in [1.54, 1.807) is 0 Å². The van der Waals surface area contributed by atoms with E-state index < -0.39 is 0 Å². The minimum absolute atomic E-state index is 0.137. The monoisotopic (exact) mass is 212 g/mol. The number of hydrogen-bond acceptors (Lipinski definition) is 3. The highest BCUT2D eigenvalue weighted by Gasteiger charge is 2.41. The third-order valence-corrected chi connectivity index (χ3v) is 4.48. The van der Waals surface area contributed by atoms with Crippen LogP contribution in [0.4, 0.5) is 0 Å². The molecule has 0 aromatic rings. The van der Waals surface area contributed by atoms with Gasteiger partial charge in [-0.25, -0.2) is 0 Å². The second-order valence-corrected chi connectivity index (χ2v) is 5.62. The molecule has 2 unspecified atom stereocenters. The average molecular weight is 212 g/mol. The molecule has 2 aliphatic rings. The number of nitrogens with two attached hydrogens (primary N) is 1. The summed E-state index contributed by atoms with van der Waals surface area (Å²) < 4.78 is 5.46. The molecule has 1 saturated heterocycles. The topological polar surface area (TPSA) is 47.3 Å². The zero-order chi connectivity index (χ0) is 10.9. The van der Waals surface area contributed by atoms with E-state index in [0.717, 1.165) is 19.8 Å². The van der Waals surface area contributed by atoms with E-state index in [0.29, 0.717) is 5.54 Å². The second kappa shape index (κ2) is 4.04. The lowest BCUT2D eigenvalue weighted by atomic mass is 9.73. The van der Waals surface area contributed by atoms with E-state index in [4.69, 9.17) is 10.5 Å². The molecule has 0 bridgehead atoms. The average Bonchev–Trinajstić information content (AvgIpc) is 2.47. The zero-order valence-electron chi connectivity index (χ0n) is 10.0. The van der Waals surface area contributed by atoms with Gasteiger partial charge in [0.25, 0.3) is 0 Å². The number of hydrogen-bond donors (Lipinski definition) is 2. The van der Waals surface area contributed by atoms with Gasteiger partial charge in [0.1, 0.15) is 0 Å². The molecule has 1 aliphatic heterocycles. The van der Waals surface area contributed by atoms with Crippen molar-refractivity contribution >= 4 is 0 Å². The van der Waals surface area contributed by atoms with E-state index in [2.05, 4.69) is 19.2 Å². The molecule has 88 valence electrons. The Labute approximate surface area is 92.7 Å². The van der Waals surface area contributed by atoms with Crippen LogP contribution in [0.25, 0.3) is 0 Å². The Kier molecular flexibility index (Phi) is 3.06. The van der Waals surface area contributed by atoms with E-state index in [9.17, 15) is 0 Å². The molecule has 2 rings (SSSR count). The zero-order valence-corrected chi connectivity index (χ0v) is 10.0. The van der Waals surface area contributed by atoms with Gasteiger partial charge in [-0.3, -0.25) is 0 Å². The molecule has 0 radical (unpaired) electrons. The summed E-state index contributed by atoms with van der Waals surface area (Å²) in [6.45, 7) is 7.04. The third kappa shape index (κ3) is 2.05. The quantitative estimate of drug-likeness (QED) is 0.738. The predicted molar refractivity (Wildman–Crippen MR) is 61.8 cm³/mol. The van der Waals surface area contributed by atoms with Crippen molar-refractivity contribution in [3.63, 3.8) is 0 Å². The summed E-state index contributed by atoms with van der Waals surface area (Å²) in [4.78, 5) is 0. The Morgan fingerprint density at radius 3 is 2.60 bits per heavy atom. The van der Waals surface area contributed by atoms with Crippen molar-refractivity contribution in [1.82, 2.24) is 5.32 Å². The van der Waals surface area contributed by atoms with Crippen molar-refractivity contribution in [2.75, 3.05) is 19.8 Å². The van der Waals surface area contributed by atoms with Gasteiger partial charge in [0, 0.05) is 23.5 Å². The van der Waals surface area contributed by atoms with Crippen LogP contribution in [0.15, 0.2) is 0 Å². The summed E-state index contributed by atoms with van der Waals surface area (Å²) >= 11 is 0. The molecule has 3 N–H and O–H groups in total. The summed E-state index contributed by atoms with van der Waals surface area (Å²) in [5.74, 6) is 0. The van der Waals surface area contributed by atoms with E-state index >= 15 is 0 Å². The highest BCUT2D eigenvalue weighted by Crippen LogP contribution is 2.36. The van der Waals surface area contributed by atoms with Crippen molar-refractivity contribution in [2.45, 2.75) is 51.1 Å². The Hall–Kier alpha value is -0.120. The summed E-state index contributed by atoms with van der Waals surface area (Å²) in [6, 6.07) is 0.194. The normalized spacial score (nSPS) is 39.0. The minimum atomic E-state index is 0.137. The smallest absolute Gasteiger partial charge is 0.0624 e. The summed E-state index contributed by atoms with van der Waals surface area (Å²) in [5.41, 5.74) is 6.64. The van der Waals surface area contributed by atoms with Crippen molar-refractivity contribution in [3.05, 3.63) is 0 Å². The maximum absolute atomic E-state index is 6.08. The summed E-state index contributed by atoms with van der Waals surface area (Å²) in [7, 11) is 0. The molecular weight excluding hydrogens is 188 g/mol. The minimum Gasteiger partial charge on any atom is -0.379 e. The number of nitrogens with one attached hydrogen (secondary N) is 1. The Morgan fingerprint density at radius 2 is 2.20 bits per heavy atom. The highest BCUT2D eigenvalue weighted by atomic mass is 16.5. The Bertz CT molecular complexity index is 222. The molecule has 2 fully saturated rings. The van der Waals surface area contributed by atoms with Crippen LogP contribution in [0, 0.1) is 5.41 Å². The van der Waals surface area contributed by atoms with Crippen LogP contribution in [0.3, 0.4) is 0 Å². The van der Waals surface area contributed by atoms with Gasteiger partial charge in [-0.05, 0) is 25.7 Å². The first kappa shape index (κ1) is 11.4. The molecule has 3 nitrogen and oxygen atoms in total. The van der Waals surface area contributed by atoms with Crippen LogP contribution in [0.5, 0.6) is 0 Å². The Morgan fingerprint density at radius 1 is 1.47 bits per heavy atom. The van der Waals surface area contributed by atoms with Gasteiger partial charge in [0.05, 0.1) is 13.2 Å². The lowest BCUT2D eigenvalue weighted by Gasteiger charge is -2.44. The van der Waals surface area contributed by atoms with Crippen molar-refractivity contribution in [2.24, 2.45) is 11.1 Å². The first-order valence-corrected chi connectivity index (χ1v) is 6.19. The van der Waals surface area contributed by atoms with Crippen molar-refractivity contribution < 1.29 is 4.74 Å². The van der Waals surface area contributed by atoms with E-state index in [-0.39, 0.29) is 11.5 Å². The fourth-order valence-electron chi connectivity index (χ4n) is 2.56. The Balaban J connectivity index is 1.86. The maximum atomic E-state index is 6.08. The van der Waals surface area contributed by atoms with Gasteiger partial charge < -0.3 is 15.8 Å². The van der Waals surface area contributed by atoms with Crippen molar-refractivity contribution in [1.29, 1.82) is 0 Å². The number of rotatable bonds is 4. The van der Waals surface area contributed by atoms with Crippen LogP contribution < -0.4 is 11.1 Å².